The summed E-state index contributed by atoms with van der Waals surface area (Å²) in [6, 6.07) is 14.5. The number of nitrogens with one attached hydrogen (secondary N) is 1. The number of hydrogen-bond donors (Lipinski definition) is 1. The molecule has 0 saturated carbocycles. The second kappa shape index (κ2) is 5.84. The summed E-state index contributed by atoms with van der Waals surface area (Å²) in [7, 11) is 0. The quantitative estimate of drug-likeness (QED) is 0.705. The van der Waals surface area contributed by atoms with Gasteiger partial charge in [0.15, 0.2) is 0 Å². The van der Waals surface area contributed by atoms with Crippen molar-refractivity contribution in [3.05, 3.63) is 69.8 Å². The average molecular weight is 362 g/mol. The fourth-order valence-corrected chi connectivity index (χ4v) is 2.78. The molecule has 5 heteroatoms. The number of rotatable bonds is 2. The number of nitrogens with zero attached hydrogens (tertiary/aromatic N) is 1. The third-order valence-corrected chi connectivity index (χ3v) is 3.95. The van der Waals surface area contributed by atoms with Crippen molar-refractivity contribution in [2.45, 2.75) is 0 Å². The molecule has 2 aromatic carbocycles. The van der Waals surface area contributed by atoms with Crippen molar-refractivity contribution in [2.24, 2.45) is 0 Å². The zero-order valence-corrected chi connectivity index (χ0v) is 13.1. The van der Waals surface area contributed by atoms with Gasteiger partial charge in [-0.05, 0) is 46.3 Å². The van der Waals surface area contributed by atoms with Gasteiger partial charge in [-0.25, -0.2) is 0 Å². The van der Waals surface area contributed by atoms with Gasteiger partial charge >= 0.3 is 0 Å². The molecule has 0 bridgehead atoms. The molecule has 1 aromatic heterocycles. The standard InChI is InChI=1S/C16H10BrClN2O/c17-13-6-2-1-5-12(13)16(21)20-14-9-11(18)8-10-4-3-7-19-15(10)14/h1-9H,(H,20,21). The maximum absolute atomic E-state index is 12.4. The Labute approximate surface area is 135 Å². The Bertz CT molecular complexity index is 835. The van der Waals surface area contributed by atoms with Crippen LogP contribution in [0.15, 0.2) is 59.2 Å². The molecule has 3 nitrogen and oxygen atoms in total. The molecule has 3 aromatic rings. The van der Waals surface area contributed by atoms with E-state index in [-0.39, 0.29) is 5.91 Å². The number of carbonyl (C=O) groups excluding carboxylic acids is 1. The molecule has 21 heavy (non-hydrogen) atoms. The number of amides is 1. The van der Waals surface area contributed by atoms with Gasteiger partial charge in [0.1, 0.15) is 0 Å². The molecule has 0 saturated heterocycles. The lowest BCUT2D eigenvalue weighted by Gasteiger charge is -2.09. The van der Waals surface area contributed by atoms with E-state index < -0.39 is 0 Å². The number of pyridine rings is 1. The molecule has 0 aliphatic carbocycles. The molecular weight excluding hydrogens is 352 g/mol. The van der Waals surface area contributed by atoms with Gasteiger partial charge in [0.05, 0.1) is 16.8 Å². The van der Waals surface area contributed by atoms with Crippen molar-refractivity contribution in [1.82, 2.24) is 4.98 Å². The molecule has 0 spiro atoms. The smallest absolute Gasteiger partial charge is 0.256 e. The lowest BCUT2D eigenvalue weighted by Crippen LogP contribution is -2.13. The van der Waals surface area contributed by atoms with Crippen LogP contribution in [0.25, 0.3) is 10.9 Å². The van der Waals surface area contributed by atoms with Crippen LogP contribution in [-0.2, 0) is 0 Å². The number of halogens is 2. The molecule has 0 unspecified atom stereocenters. The predicted octanol–water partition coefficient (Wildman–Crippen LogP) is 4.90. The topological polar surface area (TPSA) is 42.0 Å². The molecule has 3 rings (SSSR count). The van der Waals surface area contributed by atoms with Crippen LogP contribution in [0.2, 0.25) is 5.02 Å². The van der Waals surface area contributed by atoms with Gasteiger partial charge in [0.25, 0.3) is 5.91 Å². The highest BCUT2D eigenvalue weighted by atomic mass is 79.9. The number of anilines is 1. The van der Waals surface area contributed by atoms with E-state index in [1.807, 2.05) is 36.4 Å². The van der Waals surface area contributed by atoms with Gasteiger partial charge in [-0.1, -0.05) is 29.8 Å². The first-order valence-corrected chi connectivity index (χ1v) is 7.42. The summed E-state index contributed by atoms with van der Waals surface area (Å²) in [5.74, 6) is -0.211. The third kappa shape index (κ3) is 2.91. The molecule has 0 aliphatic rings. The first-order chi connectivity index (χ1) is 10.1. The minimum absolute atomic E-state index is 0.211. The lowest BCUT2D eigenvalue weighted by molar-refractivity contribution is 0.102. The Kier molecular flexibility index (Phi) is 3.90. The van der Waals surface area contributed by atoms with Crippen molar-refractivity contribution < 1.29 is 4.79 Å². The summed E-state index contributed by atoms with van der Waals surface area (Å²) in [5.41, 5.74) is 1.86. The van der Waals surface area contributed by atoms with Gasteiger partial charge in [-0.3, -0.25) is 9.78 Å². The highest BCUT2D eigenvalue weighted by Crippen LogP contribution is 2.27. The van der Waals surface area contributed by atoms with E-state index >= 15 is 0 Å². The zero-order chi connectivity index (χ0) is 14.8. The number of fused-ring (bicyclic) bond motifs is 1. The number of hydrogen-bond acceptors (Lipinski definition) is 2. The molecule has 0 atom stereocenters. The van der Waals surface area contributed by atoms with E-state index in [1.165, 1.54) is 0 Å². The van der Waals surface area contributed by atoms with Crippen LogP contribution in [0, 0.1) is 0 Å². The van der Waals surface area contributed by atoms with Crippen molar-refractivity contribution in [3.8, 4) is 0 Å². The number of aromatic nitrogens is 1. The molecular formula is C16H10BrClN2O. The van der Waals surface area contributed by atoms with Gasteiger partial charge in [0.2, 0.25) is 0 Å². The average Bonchev–Trinajstić information content (AvgIpc) is 2.47. The van der Waals surface area contributed by atoms with Gasteiger partial charge < -0.3 is 5.32 Å². The number of benzene rings is 2. The normalized spacial score (nSPS) is 10.6. The summed E-state index contributed by atoms with van der Waals surface area (Å²) in [6.45, 7) is 0. The Morgan fingerprint density at radius 2 is 1.95 bits per heavy atom. The summed E-state index contributed by atoms with van der Waals surface area (Å²) >= 11 is 9.47. The van der Waals surface area contributed by atoms with Crippen LogP contribution in [0.1, 0.15) is 10.4 Å². The van der Waals surface area contributed by atoms with Crippen molar-refractivity contribution in [2.75, 3.05) is 5.32 Å². The van der Waals surface area contributed by atoms with Gasteiger partial charge in [-0.2, -0.15) is 0 Å². The van der Waals surface area contributed by atoms with Crippen LogP contribution in [-0.4, -0.2) is 10.9 Å². The van der Waals surface area contributed by atoms with Crippen molar-refractivity contribution >= 4 is 50.0 Å². The van der Waals surface area contributed by atoms with E-state index in [1.54, 1.807) is 18.3 Å². The fraction of sp³-hybridized carbons (Fsp3) is 0. The summed E-state index contributed by atoms with van der Waals surface area (Å²) in [6.07, 6.45) is 1.68. The largest absolute Gasteiger partial charge is 0.320 e. The monoisotopic (exact) mass is 360 g/mol. The second-order valence-electron chi connectivity index (χ2n) is 4.46. The van der Waals surface area contributed by atoms with Crippen LogP contribution in [0.5, 0.6) is 0 Å². The predicted molar refractivity (Wildman–Crippen MR) is 88.8 cm³/mol. The summed E-state index contributed by atoms with van der Waals surface area (Å²) in [5, 5.41) is 4.30. The first-order valence-electron chi connectivity index (χ1n) is 6.25. The Morgan fingerprint density at radius 1 is 1.14 bits per heavy atom. The van der Waals surface area contributed by atoms with Crippen molar-refractivity contribution in [3.63, 3.8) is 0 Å². The van der Waals surface area contributed by atoms with Gasteiger partial charge in [-0.15, -0.1) is 0 Å². The molecule has 1 N–H and O–H groups in total. The van der Waals surface area contributed by atoms with Crippen LogP contribution in [0.3, 0.4) is 0 Å². The van der Waals surface area contributed by atoms with E-state index in [4.69, 9.17) is 11.6 Å². The molecule has 0 aliphatic heterocycles. The first kappa shape index (κ1) is 14.0. The van der Waals surface area contributed by atoms with E-state index in [0.29, 0.717) is 21.8 Å². The Hall–Kier alpha value is -1.91. The van der Waals surface area contributed by atoms with E-state index in [9.17, 15) is 4.79 Å². The Morgan fingerprint density at radius 3 is 2.76 bits per heavy atom. The lowest BCUT2D eigenvalue weighted by atomic mass is 10.1. The van der Waals surface area contributed by atoms with Crippen LogP contribution < -0.4 is 5.32 Å². The molecule has 1 heterocycles. The highest BCUT2D eigenvalue weighted by molar-refractivity contribution is 9.10. The molecule has 1 amide bonds. The maximum Gasteiger partial charge on any atom is 0.256 e. The summed E-state index contributed by atoms with van der Waals surface area (Å²) in [4.78, 5) is 16.7. The van der Waals surface area contributed by atoms with Gasteiger partial charge in [0, 0.05) is 21.1 Å². The van der Waals surface area contributed by atoms with Crippen LogP contribution >= 0.6 is 27.5 Å². The second-order valence-corrected chi connectivity index (χ2v) is 5.75. The fourth-order valence-electron chi connectivity index (χ4n) is 2.09. The SMILES string of the molecule is O=C(Nc1cc(Cl)cc2cccnc12)c1ccccc1Br. The zero-order valence-electron chi connectivity index (χ0n) is 10.8. The maximum atomic E-state index is 12.4. The highest BCUT2D eigenvalue weighted by Gasteiger charge is 2.12. The third-order valence-electron chi connectivity index (χ3n) is 3.04. The van der Waals surface area contributed by atoms with Crippen LogP contribution in [0.4, 0.5) is 5.69 Å². The van der Waals surface area contributed by atoms with Crippen molar-refractivity contribution in [1.29, 1.82) is 0 Å². The minimum Gasteiger partial charge on any atom is -0.320 e. The molecule has 104 valence electrons. The van der Waals surface area contributed by atoms with E-state index in [2.05, 4.69) is 26.2 Å². The molecule has 0 radical (unpaired) electrons. The Balaban J connectivity index is 2.02. The number of carbonyl (C=O) groups is 1. The summed E-state index contributed by atoms with van der Waals surface area (Å²) < 4.78 is 0.738. The minimum atomic E-state index is -0.211. The molecule has 0 fully saturated rings. The van der Waals surface area contributed by atoms with E-state index in [0.717, 1.165) is 9.86 Å².